The summed E-state index contributed by atoms with van der Waals surface area (Å²) in [4.78, 5) is 12.6. The number of carbonyl (C=O) groups excluding carboxylic acids is 1. The quantitative estimate of drug-likeness (QED) is 0.419. The molecule has 0 aromatic heterocycles. The van der Waals surface area contributed by atoms with Gasteiger partial charge >= 0.3 is 6.09 Å². The van der Waals surface area contributed by atoms with Gasteiger partial charge in [0, 0.05) is 13.0 Å². The summed E-state index contributed by atoms with van der Waals surface area (Å²) in [6.45, 7) is 5.46. The maximum Gasteiger partial charge on any atom is 0.412 e. The Morgan fingerprint density at radius 3 is 2.54 bits per heavy atom. The van der Waals surface area contributed by atoms with Gasteiger partial charge in [-0.25, -0.2) is 13.6 Å². The zero-order valence-electron chi connectivity index (χ0n) is 21.5. The summed E-state index contributed by atoms with van der Waals surface area (Å²) < 4.78 is 39.2. The first kappa shape index (κ1) is 27.5. The number of benzene rings is 2. The molecule has 1 aliphatic carbocycles. The van der Waals surface area contributed by atoms with Gasteiger partial charge in [0.15, 0.2) is 0 Å². The van der Waals surface area contributed by atoms with Gasteiger partial charge in [0.05, 0.1) is 31.4 Å². The molecule has 3 unspecified atom stereocenters. The van der Waals surface area contributed by atoms with Gasteiger partial charge in [-0.15, -0.1) is 0 Å². The molecule has 0 radical (unpaired) electrons. The highest BCUT2D eigenvalue weighted by molar-refractivity contribution is 5.70. The van der Waals surface area contributed by atoms with Gasteiger partial charge in [0.1, 0.15) is 18.1 Å². The fourth-order valence-corrected chi connectivity index (χ4v) is 5.31. The summed E-state index contributed by atoms with van der Waals surface area (Å²) in [5.74, 6) is 0.467. The fraction of sp³-hybridized carbons (Fsp3) is 0.552. The van der Waals surface area contributed by atoms with E-state index in [1.165, 1.54) is 5.56 Å². The number of para-hydroxylation sites is 1. The minimum atomic E-state index is -1.22. The lowest BCUT2D eigenvalue weighted by Crippen LogP contribution is -2.50. The summed E-state index contributed by atoms with van der Waals surface area (Å²) in [6.07, 6.45) is -3.55. The Kier molecular flexibility index (Phi) is 9.51. The van der Waals surface area contributed by atoms with Crippen LogP contribution in [0.3, 0.4) is 0 Å². The third-order valence-corrected chi connectivity index (χ3v) is 7.33. The second-order valence-corrected chi connectivity index (χ2v) is 10.6. The number of hydrogen-bond acceptors (Lipinski definition) is 5. The van der Waals surface area contributed by atoms with E-state index < -0.39 is 30.6 Å². The molecule has 1 heterocycles. The van der Waals surface area contributed by atoms with Gasteiger partial charge < -0.3 is 25.2 Å². The zero-order chi connectivity index (χ0) is 26.4. The highest BCUT2D eigenvalue weighted by Crippen LogP contribution is 2.33. The minimum absolute atomic E-state index is 0.0891. The van der Waals surface area contributed by atoms with Crippen molar-refractivity contribution in [2.45, 2.75) is 82.6 Å². The van der Waals surface area contributed by atoms with E-state index in [-0.39, 0.29) is 44.2 Å². The van der Waals surface area contributed by atoms with E-state index in [0.29, 0.717) is 24.9 Å². The Balaban J connectivity index is 1.43. The van der Waals surface area contributed by atoms with Crippen molar-refractivity contribution in [1.29, 1.82) is 0 Å². The molecular weight excluding hydrogens is 478 g/mol. The number of halogens is 2. The average molecular weight is 517 g/mol. The first-order chi connectivity index (χ1) is 17.8. The van der Waals surface area contributed by atoms with Crippen LogP contribution >= 0.6 is 0 Å². The molecule has 0 saturated heterocycles. The molecule has 3 N–H and O–H groups in total. The molecule has 4 rings (SSSR count). The largest absolute Gasteiger partial charge is 0.412 e. The SMILES string of the molecule is CC(C)c1ccc2c(c1)C(NC[C@@H](O)[C@H](CC1CC(F)C[C@H](F)C1)NC(=O)Oc1ccccc1)COC2. The van der Waals surface area contributed by atoms with Crippen LogP contribution in [0.2, 0.25) is 0 Å². The van der Waals surface area contributed by atoms with E-state index in [2.05, 4.69) is 42.7 Å². The monoisotopic (exact) mass is 516 g/mol. The summed E-state index contributed by atoms with van der Waals surface area (Å²) in [5, 5.41) is 17.3. The summed E-state index contributed by atoms with van der Waals surface area (Å²) >= 11 is 0. The molecule has 0 bridgehead atoms. The Labute approximate surface area is 217 Å². The van der Waals surface area contributed by atoms with Crippen molar-refractivity contribution in [2.75, 3.05) is 13.2 Å². The van der Waals surface area contributed by atoms with Gasteiger partial charge in [-0.2, -0.15) is 0 Å². The number of fused-ring (bicyclic) bond motifs is 1. The molecule has 1 fully saturated rings. The van der Waals surface area contributed by atoms with Crippen molar-refractivity contribution in [1.82, 2.24) is 10.6 Å². The molecule has 2 aromatic carbocycles. The number of hydrogen-bond donors (Lipinski definition) is 3. The predicted molar refractivity (Wildman–Crippen MR) is 138 cm³/mol. The Hall–Kier alpha value is -2.55. The number of nitrogens with one attached hydrogen (secondary N) is 2. The normalized spacial score (nSPS) is 25.2. The van der Waals surface area contributed by atoms with E-state index in [1.807, 2.05) is 6.07 Å². The molecule has 2 aromatic rings. The van der Waals surface area contributed by atoms with Crippen LogP contribution in [0.4, 0.5) is 13.6 Å². The maximum absolute atomic E-state index is 14.1. The van der Waals surface area contributed by atoms with Crippen LogP contribution in [0, 0.1) is 5.92 Å². The lowest BCUT2D eigenvalue weighted by molar-refractivity contribution is 0.0592. The van der Waals surface area contributed by atoms with Crippen LogP contribution in [-0.4, -0.2) is 48.8 Å². The average Bonchev–Trinajstić information content (AvgIpc) is 2.86. The lowest BCUT2D eigenvalue weighted by Gasteiger charge is -2.33. The van der Waals surface area contributed by atoms with Crippen LogP contribution in [0.25, 0.3) is 0 Å². The Morgan fingerprint density at radius 1 is 1.11 bits per heavy atom. The third-order valence-electron chi connectivity index (χ3n) is 7.33. The van der Waals surface area contributed by atoms with Gasteiger partial charge in [-0.3, -0.25) is 0 Å². The Bertz CT molecular complexity index is 1010. The number of rotatable bonds is 9. The van der Waals surface area contributed by atoms with Crippen LogP contribution in [0.1, 0.15) is 68.2 Å². The third kappa shape index (κ3) is 7.72. The van der Waals surface area contributed by atoms with Crippen molar-refractivity contribution in [3.05, 3.63) is 65.2 Å². The first-order valence-corrected chi connectivity index (χ1v) is 13.2. The number of ether oxygens (including phenoxy) is 2. The predicted octanol–water partition coefficient (Wildman–Crippen LogP) is 5.36. The molecule has 8 heteroatoms. The van der Waals surface area contributed by atoms with Gasteiger partial charge in [-0.05, 0) is 59.9 Å². The van der Waals surface area contributed by atoms with Gasteiger partial charge in [-0.1, -0.05) is 50.2 Å². The van der Waals surface area contributed by atoms with Crippen molar-refractivity contribution >= 4 is 6.09 Å². The lowest BCUT2D eigenvalue weighted by atomic mass is 9.82. The Morgan fingerprint density at radius 2 is 1.84 bits per heavy atom. The molecule has 202 valence electrons. The molecule has 1 amide bonds. The first-order valence-electron chi connectivity index (χ1n) is 13.2. The van der Waals surface area contributed by atoms with E-state index in [1.54, 1.807) is 24.3 Å². The fourth-order valence-electron chi connectivity index (χ4n) is 5.31. The van der Waals surface area contributed by atoms with Crippen LogP contribution in [-0.2, 0) is 11.3 Å². The van der Waals surface area contributed by atoms with E-state index in [9.17, 15) is 18.7 Å². The number of amides is 1. The van der Waals surface area contributed by atoms with E-state index >= 15 is 0 Å². The van der Waals surface area contributed by atoms with Crippen molar-refractivity contribution in [3.8, 4) is 5.75 Å². The van der Waals surface area contributed by atoms with Crippen molar-refractivity contribution < 1.29 is 28.2 Å². The molecule has 2 aliphatic rings. The summed E-state index contributed by atoms with van der Waals surface area (Å²) in [7, 11) is 0. The maximum atomic E-state index is 14.1. The van der Waals surface area contributed by atoms with Crippen LogP contribution < -0.4 is 15.4 Å². The molecular formula is C29H38F2N2O4. The molecule has 6 nitrogen and oxygen atoms in total. The van der Waals surface area contributed by atoms with Gasteiger partial charge in [0.2, 0.25) is 0 Å². The summed E-state index contributed by atoms with van der Waals surface area (Å²) in [5.41, 5.74) is 3.48. The standard InChI is InChI=1S/C29H38F2N2O4/c1-18(2)20-8-9-21-16-36-17-27(25(21)13-20)32-15-28(34)26(12-19-10-22(30)14-23(31)11-19)33-29(35)37-24-6-4-3-5-7-24/h3-9,13,18-19,22-23,26-28,32,34H,10-12,14-17H2,1-2H3,(H,33,35)/t19?,22-,23?,26+,27?,28-/m1/s1. The summed E-state index contributed by atoms with van der Waals surface area (Å²) in [6, 6.07) is 14.1. The molecule has 1 aliphatic heterocycles. The highest BCUT2D eigenvalue weighted by Gasteiger charge is 2.33. The van der Waals surface area contributed by atoms with E-state index in [4.69, 9.17) is 9.47 Å². The second-order valence-electron chi connectivity index (χ2n) is 10.6. The second kappa shape index (κ2) is 12.8. The molecule has 37 heavy (non-hydrogen) atoms. The van der Waals surface area contributed by atoms with Crippen molar-refractivity contribution in [2.24, 2.45) is 5.92 Å². The van der Waals surface area contributed by atoms with Crippen molar-refractivity contribution in [3.63, 3.8) is 0 Å². The molecule has 0 spiro atoms. The smallest absolute Gasteiger partial charge is 0.410 e. The molecule has 6 atom stereocenters. The highest BCUT2D eigenvalue weighted by atomic mass is 19.1. The van der Waals surface area contributed by atoms with Crippen LogP contribution in [0.15, 0.2) is 48.5 Å². The number of aliphatic hydroxyl groups excluding tert-OH is 1. The topological polar surface area (TPSA) is 79.8 Å². The van der Waals surface area contributed by atoms with Crippen LogP contribution in [0.5, 0.6) is 5.75 Å². The number of aliphatic hydroxyl groups is 1. The van der Waals surface area contributed by atoms with E-state index in [0.717, 1.165) is 11.1 Å². The van der Waals surface area contributed by atoms with Gasteiger partial charge in [0.25, 0.3) is 0 Å². The molecule has 1 saturated carbocycles. The minimum Gasteiger partial charge on any atom is -0.410 e. The number of carbonyl (C=O) groups is 1. The number of alkyl halides is 2. The zero-order valence-corrected chi connectivity index (χ0v) is 21.5.